The van der Waals surface area contributed by atoms with Gasteiger partial charge in [0.1, 0.15) is 5.76 Å². The molecule has 1 unspecified atom stereocenters. The van der Waals surface area contributed by atoms with Crippen LogP contribution in [0.15, 0.2) is 53.2 Å². The van der Waals surface area contributed by atoms with Crippen molar-refractivity contribution in [2.75, 3.05) is 20.6 Å². The van der Waals surface area contributed by atoms with E-state index < -0.39 is 0 Å². The predicted molar refractivity (Wildman–Crippen MR) is 88.6 cm³/mol. The minimum atomic E-state index is -0.171. The molecule has 1 aromatic heterocycles. The largest absolute Gasteiger partial charge is 0.465 e. The van der Waals surface area contributed by atoms with E-state index in [1.54, 1.807) is 24.5 Å². The Bertz CT molecular complexity index is 636. The van der Waals surface area contributed by atoms with Crippen LogP contribution in [0.4, 0.5) is 0 Å². The van der Waals surface area contributed by atoms with Crippen LogP contribution in [0, 0.1) is 0 Å². The first-order valence-corrected chi connectivity index (χ1v) is 7.36. The first-order valence-electron chi connectivity index (χ1n) is 6.98. The number of likely N-dealkylation sites (N-methyl/N-ethyl adjacent to an activating group) is 1. The molecule has 1 heterocycles. The zero-order chi connectivity index (χ0) is 15.9. The quantitative estimate of drug-likeness (QED) is 0.831. The molecule has 0 saturated carbocycles. The first-order chi connectivity index (χ1) is 10.6. The van der Waals surface area contributed by atoms with Crippen LogP contribution >= 0.6 is 11.6 Å². The third-order valence-corrected chi connectivity index (χ3v) is 3.64. The number of hydrogen-bond donors (Lipinski definition) is 1. The van der Waals surface area contributed by atoms with Gasteiger partial charge < -0.3 is 14.6 Å². The number of nitrogens with one attached hydrogen (secondary N) is 1. The molecule has 2 rings (SSSR count). The number of furan rings is 1. The van der Waals surface area contributed by atoms with Crippen LogP contribution in [0.25, 0.3) is 6.08 Å². The summed E-state index contributed by atoms with van der Waals surface area (Å²) in [7, 11) is 3.91. The first kappa shape index (κ1) is 16.3. The van der Waals surface area contributed by atoms with Gasteiger partial charge in [0.25, 0.3) is 0 Å². The van der Waals surface area contributed by atoms with E-state index >= 15 is 0 Å². The zero-order valence-electron chi connectivity index (χ0n) is 12.6. The Morgan fingerprint density at radius 1 is 1.32 bits per heavy atom. The molecule has 2 aromatic rings. The minimum Gasteiger partial charge on any atom is -0.465 e. The highest BCUT2D eigenvalue weighted by atomic mass is 35.5. The molecule has 0 bridgehead atoms. The molecule has 0 saturated heterocycles. The third kappa shape index (κ3) is 4.48. The van der Waals surface area contributed by atoms with Crippen molar-refractivity contribution < 1.29 is 9.21 Å². The number of carbonyl (C=O) groups excluding carboxylic acids is 1. The van der Waals surface area contributed by atoms with Crippen LogP contribution in [0.5, 0.6) is 0 Å². The highest BCUT2D eigenvalue weighted by Gasteiger charge is 2.17. The Morgan fingerprint density at radius 2 is 2.09 bits per heavy atom. The summed E-state index contributed by atoms with van der Waals surface area (Å²) in [6.45, 7) is 0.470. The van der Waals surface area contributed by atoms with Crippen LogP contribution in [-0.2, 0) is 4.79 Å². The molecular formula is C17H19ClN2O2. The predicted octanol–water partition coefficient (Wildman–Crippen LogP) is 3.37. The standard InChI is InChI=1S/C17H19ClN2O2/c1-20(2)16(14-7-3-4-8-15(14)18)12-19-17(21)10-9-13-6-5-11-22-13/h3-11,16H,12H2,1-2H3,(H,19,21)/b10-9+. The molecule has 1 aromatic carbocycles. The summed E-state index contributed by atoms with van der Waals surface area (Å²) in [6.07, 6.45) is 4.66. The maximum Gasteiger partial charge on any atom is 0.244 e. The lowest BCUT2D eigenvalue weighted by Crippen LogP contribution is -2.33. The summed E-state index contributed by atoms with van der Waals surface area (Å²) in [5.41, 5.74) is 0.990. The van der Waals surface area contributed by atoms with Crippen LogP contribution in [0.1, 0.15) is 17.4 Å². The minimum absolute atomic E-state index is 0.00895. The smallest absolute Gasteiger partial charge is 0.244 e. The summed E-state index contributed by atoms with van der Waals surface area (Å²) >= 11 is 6.24. The van der Waals surface area contributed by atoms with E-state index in [1.807, 2.05) is 43.3 Å². The van der Waals surface area contributed by atoms with Gasteiger partial charge in [-0.15, -0.1) is 0 Å². The molecule has 1 N–H and O–H groups in total. The normalized spacial score (nSPS) is 12.7. The van der Waals surface area contributed by atoms with Crippen molar-refractivity contribution in [3.8, 4) is 0 Å². The van der Waals surface area contributed by atoms with Gasteiger partial charge in [-0.25, -0.2) is 0 Å². The maximum absolute atomic E-state index is 11.9. The van der Waals surface area contributed by atoms with Crippen molar-refractivity contribution in [3.63, 3.8) is 0 Å². The van der Waals surface area contributed by atoms with Gasteiger partial charge in [-0.3, -0.25) is 4.79 Å². The van der Waals surface area contributed by atoms with Gasteiger partial charge in [-0.05, 0) is 43.9 Å². The lowest BCUT2D eigenvalue weighted by atomic mass is 10.1. The lowest BCUT2D eigenvalue weighted by Gasteiger charge is -2.25. The fourth-order valence-electron chi connectivity index (χ4n) is 2.12. The van der Waals surface area contributed by atoms with Gasteiger partial charge in [0, 0.05) is 17.6 Å². The molecule has 0 aliphatic rings. The second kappa shape index (κ2) is 7.82. The van der Waals surface area contributed by atoms with Crippen molar-refractivity contribution in [1.82, 2.24) is 10.2 Å². The van der Waals surface area contributed by atoms with E-state index in [9.17, 15) is 4.79 Å². The molecule has 22 heavy (non-hydrogen) atoms. The molecule has 116 valence electrons. The molecule has 5 heteroatoms. The summed E-state index contributed by atoms with van der Waals surface area (Å²) in [4.78, 5) is 13.9. The van der Waals surface area contributed by atoms with Gasteiger partial charge in [0.05, 0.1) is 12.3 Å². The Balaban J connectivity index is 1.98. The Kier molecular flexibility index (Phi) is 5.81. The van der Waals surface area contributed by atoms with E-state index in [-0.39, 0.29) is 11.9 Å². The van der Waals surface area contributed by atoms with Crippen molar-refractivity contribution >= 4 is 23.6 Å². The van der Waals surface area contributed by atoms with E-state index in [0.29, 0.717) is 17.3 Å². The van der Waals surface area contributed by atoms with Crippen LogP contribution < -0.4 is 5.32 Å². The maximum atomic E-state index is 11.9. The van der Waals surface area contributed by atoms with Crippen LogP contribution in [-0.4, -0.2) is 31.4 Å². The highest BCUT2D eigenvalue weighted by Crippen LogP contribution is 2.25. The molecular weight excluding hydrogens is 300 g/mol. The number of carbonyl (C=O) groups is 1. The third-order valence-electron chi connectivity index (χ3n) is 3.30. The van der Waals surface area contributed by atoms with Crippen LogP contribution in [0.3, 0.4) is 0 Å². The average Bonchev–Trinajstić information content (AvgIpc) is 3.00. The van der Waals surface area contributed by atoms with Gasteiger partial charge in [0.2, 0.25) is 5.91 Å². The average molecular weight is 319 g/mol. The molecule has 1 atom stereocenters. The molecule has 1 amide bonds. The monoisotopic (exact) mass is 318 g/mol. The van der Waals surface area contributed by atoms with Gasteiger partial charge in [-0.1, -0.05) is 29.8 Å². The summed E-state index contributed by atoms with van der Waals surface area (Å²) < 4.78 is 5.14. The fourth-order valence-corrected chi connectivity index (χ4v) is 2.38. The SMILES string of the molecule is CN(C)C(CNC(=O)/C=C/c1ccco1)c1ccccc1Cl. The number of nitrogens with zero attached hydrogens (tertiary/aromatic N) is 1. The topological polar surface area (TPSA) is 45.5 Å². The molecule has 0 spiro atoms. The highest BCUT2D eigenvalue weighted by molar-refractivity contribution is 6.31. The van der Waals surface area contributed by atoms with E-state index in [0.717, 1.165) is 5.56 Å². The van der Waals surface area contributed by atoms with E-state index in [4.69, 9.17) is 16.0 Å². The Morgan fingerprint density at radius 3 is 2.73 bits per heavy atom. The van der Waals surface area contributed by atoms with Gasteiger partial charge in [-0.2, -0.15) is 0 Å². The molecule has 4 nitrogen and oxygen atoms in total. The second-order valence-corrected chi connectivity index (χ2v) is 5.50. The summed E-state index contributed by atoms with van der Waals surface area (Å²) in [5, 5.41) is 3.58. The number of hydrogen-bond acceptors (Lipinski definition) is 3. The van der Waals surface area contributed by atoms with E-state index in [2.05, 4.69) is 5.32 Å². The Labute approximate surface area is 135 Å². The second-order valence-electron chi connectivity index (χ2n) is 5.09. The van der Waals surface area contributed by atoms with Gasteiger partial charge in [0.15, 0.2) is 0 Å². The number of rotatable bonds is 6. The lowest BCUT2D eigenvalue weighted by molar-refractivity contribution is -0.116. The summed E-state index contributed by atoms with van der Waals surface area (Å²) in [6, 6.07) is 11.2. The van der Waals surface area contributed by atoms with Crippen molar-refractivity contribution in [3.05, 3.63) is 65.1 Å². The van der Waals surface area contributed by atoms with Crippen molar-refractivity contribution in [1.29, 1.82) is 0 Å². The van der Waals surface area contributed by atoms with E-state index in [1.165, 1.54) is 6.08 Å². The fraction of sp³-hybridized carbons (Fsp3) is 0.235. The van der Waals surface area contributed by atoms with Crippen molar-refractivity contribution in [2.24, 2.45) is 0 Å². The molecule has 0 aliphatic carbocycles. The number of halogens is 1. The molecule has 0 fully saturated rings. The van der Waals surface area contributed by atoms with Gasteiger partial charge >= 0.3 is 0 Å². The zero-order valence-corrected chi connectivity index (χ0v) is 13.4. The van der Waals surface area contributed by atoms with Crippen molar-refractivity contribution in [2.45, 2.75) is 6.04 Å². The summed E-state index contributed by atoms with van der Waals surface area (Å²) in [5.74, 6) is 0.473. The Hall–Kier alpha value is -2.04. The number of amides is 1. The molecule has 0 radical (unpaired) electrons. The van der Waals surface area contributed by atoms with Crippen LogP contribution in [0.2, 0.25) is 5.02 Å². The number of benzene rings is 1. The molecule has 0 aliphatic heterocycles.